The second kappa shape index (κ2) is 6.04. The van der Waals surface area contributed by atoms with Gasteiger partial charge in [-0.05, 0) is 49.1 Å². The molecule has 0 bridgehead atoms. The number of pyridine rings is 2. The van der Waals surface area contributed by atoms with Crippen LogP contribution in [-0.4, -0.2) is 20.6 Å². The molecule has 0 fully saturated rings. The third-order valence-electron chi connectivity index (χ3n) is 4.69. The summed E-state index contributed by atoms with van der Waals surface area (Å²) in [6.45, 7) is 0. The summed E-state index contributed by atoms with van der Waals surface area (Å²) in [7, 11) is 0. The minimum Gasteiger partial charge on any atom is -0.383 e. The van der Waals surface area contributed by atoms with Crippen molar-refractivity contribution in [2.24, 2.45) is 5.73 Å². The summed E-state index contributed by atoms with van der Waals surface area (Å²) in [6.07, 6.45) is 7.84. The largest absolute Gasteiger partial charge is 0.383 e. The van der Waals surface area contributed by atoms with Crippen molar-refractivity contribution >= 4 is 5.82 Å². The fourth-order valence-corrected chi connectivity index (χ4v) is 3.52. The molecule has 0 saturated heterocycles. The Labute approximate surface area is 145 Å². The average Bonchev–Trinajstić information content (AvgIpc) is 3.11. The van der Waals surface area contributed by atoms with E-state index >= 15 is 0 Å². The van der Waals surface area contributed by atoms with E-state index < -0.39 is 0 Å². The minimum atomic E-state index is 0.0764. The normalized spacial score (nSPS) is 16.2. The van der Waals surface area contributed by atoms with Gasteiger partial charge in [0.1, 0.15) is 17.5 Å². The van der Waals surface area contributed by atoms with Crippen LogP contribution < -0.4 is 11.5 Å². The van der Waals surface area contributed by atoms with E-state index in [0.29, 0.717) is 12.0 Å². The van der Waals surface area contributed by atoms with Crippen LogP contribution in [0, 0.1) is 11.3 Å². The van der Waals surface area contributed by atoms with Crippen LogP contribution in [0.1, 0.15) is 23.2 Å². The number of nitrogens with two attached hydrogens (primary N) is 2. The monoisotopic (exact) mass is 330 g/mol. The highest BCUT2D eigenvalue weighted by Gasteiger charge is 2.26. The van der Waals surface area contributed by atoms with Crippen molar-refractivity contribution in [1.82, 2.24) is 14.5 Å². The van der Waals surface area contributed by atoms with Gasteiger partial charge in [0.25, 0.3) is 0 Å². The second-order valence-corrected chi connectivity index (χ2v) is 6.26. The van der Waals surface area contributed by atoms with Crippen LogP contribution >= 0.6 is 0 Å². The Balaban J connectivity index is 2.00. The van der Waals surface area contributed by atoms with Gasteiger partial charge in [-0.15, -0.1) is 0 Å². The summed E-state index contributed by atoms with van der Waals surface area (Å²) >= 11 is 0. The molecule has 3 aromatic heterocycles. The van der Waals surface area contributed by atoms with Gasteiger partial charge in [0.05, 0.1) is 5.69 Å². The lowest BCUT2D eigenvalue weighted by atomic mass is 9.86. The Hall–Kier alpha value is -3.17. The third kappa shape index (κ3) is 2.55. The third-order valence-corrected chi connectivity index (χ3v) is 4.69. The van der Waals surface area contributed by atoms with Crippen molar-refractivity contribution in [3.63, 3.8) is 0 Å². The molecule has 1 unspecified atom stereocenters. The van der Waals surface area contributed by atoms with Gasteiger partial charge in [0.2, 0.25) is 0 Å². The van der Waals surface area contributed by atoms with Gasteiger partial charge in [-0.1, -0.05) is 0 Å². The number of fused-ring (bicyclic) bond motifs is 1. The zero-order valence-electron chi connectivity index (χ0n) is 13.7. The van der Waals surface area contributed by atoms with E-state index in [2.05, 4.69) is 16.0 Å². The molecule has 6 nitrogen and oxygen atoms in total. The first-order valence-electron chi connectivity index (χ1n) is 8.24. The maximum absolute atomic E-state index is 9.71. The number of aromatic nitrogens is 3. The van der Waals surface area contributed by atoms with Gasteiger partial charge < -0.3 is 16.0 Å². The highest BCUT2D eigenvalue weighted by atomic mass is 15.0. The predicted octanol–water partition coefficient (Wildman–Crippen LogP) is 2.20. The molecule has 4 N–H and O–H groups in total. The molecule has 25 heavy (non-hydrogen) atoms. The van der Waals surface area contributed by atoms with Crippen molar-refractivity contribution in [3.8, 4) is 23.0 Å². The number of hydrogen-bond acceptors (Lipinski definition) is 5. The number of anilines is 1. The quantitative estimate of drug-likeness (QED) is 0.749. The van der Waals surface area contributed by atoms with E-state index in [0.717, 1.165) is 41.0 Å². The highest BCUT2D eigenvalue weighted by molar-refractivity contribution is 5.79. The average molecular weight is 330 g/mol. The SMILES string of the molecule is N#Cc1c(N)nc2c(c1-c1cccn1-c1ccncc1)CC(N)CC2. The van der Waals surface area contributed by atoms with Crippen molar-refractivity contribution in [1.29, 1.82) is 5.26 Å². The first kappa shape index (κ1) is 15.4. The Morgan fingerprint density at radius 3 is 2.80 bits per heavy atom. The summed E-state index contributed by atoms with van der Waals surface area (Å²) < 4.78 is 2.04. The van der Waals surface area contributed by atoms with Crippen LogP contribution in [0.2, 0.25) is 0 Å². The lowest BCUT2D eigenvalue weighted by molar-refractivity contribution is 0.568. The minimum absolute atomic E-state index is 0.0764. The molecule has 0 amide bonds. The van der Waals surface area contributed by atoms with E-state index in [-0.39, 0.29) is 11.9 Å². The summed E-state index contributed by atoms with van der Waals surface area (Å²) in [5.41, 5.74) is 17.5. The Morgan fingerprint density at radius 2 is 2.04 bits per heavy atom. The Kier molecular flexibility index (Phi) is 3.71. The van der Waals surface area contributed by atoms with Gasteiger partial charge in [0.15, 0.2) is 0 Å². The van der Waals surface area contributed by atoms with E-state index in [1.165, 1.54) is 0 Å². The molecule has 0 aliphatic heterocycles. The summed E-state index contributed by atoms with van der Waals surface area (Å²) in [4.78, 5) is 8.55. The topological polar surface area (TPSA) is 107 Å². The molecule has 1 aliphatic rings. The van der Waals surface area contributed by atoms with E-state index in [9.17, 15) is 5.26 Å². The van der Waals surface area contributed by atoms with Gasteiger partial charge in [0, 0.05) is 41.6 Å². The maximum atomic E-state index is 9.71. The van der Waals surface area contributed by atoms with Crippen LogP contribution in [-0.2, 0) is 12.8 Å². The molecule has 0 saturated carbocycles. The molecule has 1 atom stereocenters. The van der Waals surface area contributed by atoms with Gasteiger partial charge in [-0.2, -0.15) is 5.26 Å². The van der Waals surface area contributed by atoms with Gasteiger partial charge in [-0.25, -0.2) is 4.98 Å². The van der Waals surface area contributed by atoms with Crippen LogP contribution in [0.5, 0.6) is 0 Å². The van der Waals surface area contributed by atoms with Crippen LogP contribution in [0.15, 0.2) is 42.9 Å². The first-order chi connectivity index (χ1) is 12.2. The van der Waals surface area contributed by atoms with Crippen molar-refractivity contribution in [2.75, 3.05) is 5.73 Å². The maximum Gasteiger partial charge on any atom is 0.142 e. The van der Waals surface area contributed by atoms with E-state index in [1.54, 1.807) is 12.4 Å². The van der Waals surface area contributed by atoms with Crippen LogP contribution in [0.3, 0.4) is 0 Å². The fraction of sp³-hybridized carbons (Fsp3) is 0.211. The van der Waals surface area contributed by atoms with Crippen LogP contribution in [0.25, 0.3) is 16.9 Å². The molecule has 3 heterocycles. The molecule has 3 aromatic rings. The summed E-state index contributed by atoms with van der Waals surface area (Å²) in [5, 5.41) is 9.71. The number of rotatable bonds is 2. The zero-order valence-corrected chi connectivity index (χ0v) is 13.7. The molecule has 1 aliphatic carbocycles. The second-order valence-electron chi connectivity index (χ2n) is 6.26. The molecule has 0 aromatic carbocycles. The molecule has 0 radical (unpaired) electrons. The summed E-state index contributed by atoms with van der Waals surface area (Å²) in [5.74, 6) is 0.286. The molecule has 0 spiro atoms. The van der Waals surface area contributed by atoms with E-state index in [1.807, 2.05) is 35.0 Å². The molecule has 4 rings (SSSR count). The van der Waals surface area contributed by atoms with Crippen molar-refractivity contribution in [2.45, 2.75) is 25.3 Å². The predicted molar refractivity (Wildman–Crippen MR) is 95.9 cm³/mol. The van der Waals surface area contributed by atoms with Gasteiger partial charge >= 0.3 is 0 Å². The lowest BCUT2D eigenvalue weighted by Crippen LogP contribution is -2.29. The zero-order chi connectivity index (χ0) is 17.4. The standard InChI is InChI=1S/C19H18N6/c20-11-15-18(14-10-12(21)3-4-16(14)24-19(15)22)17-2-1-9-25(17)13-5-7-23-8-6-13/h1-2,5-9,12H,3-4,10,21H2,(H2,22,24). The van der Waals surface area contributed by atoms with Crippen molar-refractivity contribution in [3.05, 3.63) is 59.7 Å². The highest BCUT2D eigenvalue weighted by Crippen LogP contribution is 2.36. The van der Waals surface area contributed by atoms with Crippen LogP contribution in [0.4, 0.5) is 5.82 Å². The molecular formula is C19H18N6. The van der Waals surface area contributed by atoms with E-state index in [4.69, 9.17) is 11.5 Å². The Morgan fingerprint density at radius 1 is 1.24 bits per heavy atom. The van der Waals surface area contributed by atoms with Crippen molar-refractivity contribution < 1.29 is 0 Å². The number of nitriles is 1. The van der Waals surface area contributed by atoms with Gasteiger partial charge in [-0.3, -0.25) is 4.98 Å². The lowest BCUT2D eigenvalue weighted by Gasteiger charge is -2.25. The number of hydrogen-bond donors (Lipinski definition) is 2. The fourth-order valence-electron chi connectivity index (χ4n) is 3.52. The smallest absolute Gasteiger partial charge is 0.142 e. The molecule has 124 valence electrons. The first-order valence-corrected chi connectivity index (χ1v) is 8.24. The molecular weight excluding hydrogens is 312 g/mol. The molecule has 6 heteroatoms. The summed E-state index contributed by atoms with van der Waals surface area (Å²) in [6, 6.07) is 10.1. The number of aryl methyl sites for hydroxylation is 1. The number of nitrogens with zero attached hydrogens (tertiary/aromatic N) is 4. The Bertz CT molecular complexity index is 968. The number of nitrogen functional groups attached to an aromatic ring is 1.